The third-order valence-electron chi connectivity index (χ3n) is 3.57. The standard InChI is InChI=1S/C16H18FN3O/c1-16(11-18,13-4-6-14(17)7-5-13)15(21)20-10-12-3-2-8-19-9-12/h2-9H,10-11,18H2,1H3,(H,20,21)/t16-/m0/s1. The molecule has 1 aromatic heterocycles. The molecule has 0 unspecified atom stereocenters. The summed E-state index contributed by atoms with van der Waals surface area (Å²) in [6.07, 6.45) is 3.37. The number of hydrogen-bond acceptors (Lipinski definition) is 3. The molecule has 4 nitrogen and oxygen atoms in total. The molecule has 0 saturated heterocycles. The van der Waals surface area contributed by atoms with E-state index in [9.17, 15) is 9.18 Å². The SMILES string of the molecule is C[C@@](CN)(C(=O)NCc1cccnc1)c1ccc(F)cc1. The first-order chi connectivity index (χ1) is 10.1. The van der Waals surface area contributed by atoms with Gasteiger partial charge in [-0.15, -0.1) is 0 Å². The summed E-state index contributed by atoms with van der Waals surface area (Å²) >= 11 is 0. The molecule has 2 rings (SSSR count). The number of aromatic nitrogens is 1. The van der Waals surface area contributed by atoms with Gasteiger partial charge in [-0.3, -0.25) is 9.78 Å². The van der Waals surface area contributed by atoms with E-state index in [4.69, 9.17) is 5.73 Å². The number of carbonyl (C=O) groups excluding carboxylic acids is 1. The van der Waals surface area contributed by atoms with Crippen molar-refractivity contribution < 1.29 is 9.18 Å². The molecule has 110 valence electrons. The van der Waals surface area contributed by atoms with E-state index in [1.807, 2.05) is 12.1 Å². The molecule has 3 N–H and O–H groups in total. The Bertz CT molecular complexity index is 601. The van der Waals surface area contributed by atoms with Crippen molar-refractivity contribution in [3.05, 3.63) is 65.7 Å². The number of nitrogens with one attached hydrogen (secondary N) is 1. The van der Waals surface area contributed by atoms with Crippen molar-refractivity contribution in [2.24, 2.45) is 5.73 Å². The van der Waals surface area contributed by atoms with E-state index in [1.54, 1.807) is 31.5 Å². The average molecular weight is 287 g/mol. The number of rotatable bonds is 5. The van der Waals surface area contributed by atoms with Crippen LogP contribution in [0.2, 0.25) is 0 Å². The molecular weight excluding hydrogens is 269 g/mol. The topological polar surface area (TPSA) is 68.0 Å². The van der Waals surface area contributed by atoms with Gasteiger partial charge in [0.05, 0.1) is 5.41 Å². The second kappa shape index (κ2) is 6.45. The Morgan fingerprint density at radius 2 is 2.05 bits per heavy atom. The molecule has 2 aromatic rings. The maximum Gasteiger partial charge on any atom is 0.231 e. The molecule has 0 saturated carbocycles. The Labute approximate surface area is 123 Å². The van der Waals surface area contributed by atoms with Gasteiger partial charge in [-0.2, -0.15) is 0 Å². The molecule has 1 amide bonds. The van der Waals surface area contributed by atoms with Crippen molar-refractivity contribution in [3.63, 3.8) is 0 Å². The molecule has 1 aromatic carbocycles. The van der Waals surface area contributed by atoms with E-state index in [2.05, 4.69) is 10.3 Å². The molecule has 1 heterocycles. The summed E-state index contributed by atoms with van der Waals surface area (Å²) in [4.78, 5) is 16.4. The van der Waals surface area contributed by atoms with Crippen LogP contribution < -0.4 is 11.1 Å². The summed E-state index contributed by atoms with van der Waals surface area (Å²) in [5.74, 6) is -0.533. The lowest BCUT2D eigenvalue weighted by Gasteiger charge is -2.27. The second-order valence-electron chi connectivity index (χ2n) is 5.09. The van der Waals surface area contributed by atoms with Gasteiger partial charge < -0.3 is 11.1 Å². The predicted molar refractivity (Wildman–Crippen MR) is 78.9 cm³/mol. The van der Waals surface area contributed by atoms with Crippen molar-refractivity contribution in [1.82, 2.24) is 10.3 Å². The van der Waals surface area contributed by atoms with Crippen LogP contribution in [0.15, 0.2) is 48.8 Å². The summed E-state index contributed by atoms with van der Waals surface area (Å²) in [5.41, 5.74) is 6.48. The van der Waals surface area contributed by atoms with E-state index < -0.39 is 5.41 Å². The Hall–Kier alpha value is -2.27. The minimum absolute atomic E-state index is 0.136. The number of pyridine rings is 1. The van der Waals surface area contributed by atoms with Crippen LogP contribution in [0.5, 0.6) is 0 Å². The van der Waals surface area contributed by atoms with Crippen molar-refractivity contribution in [2.45, 2.75) is 18.9 Å². The maximum absolute atomic E-state index is 13.0. The number of benzene rings is 1. The highest BCUT2D eigenvalue weighted by molar-refractivity contribution is 5.88. The quantitative estimate of drug-likeness (QED) is 0.880. The van der Waals surface area contributed by atoms with Gasteiger partial charge >= 0.3 is 0 Å². The molecule has 0 aliphatic rings. The first-order valence-corrected chi connectivity index (χ1v) is 6.69. The fourth-order valence-corrected chi connectivity index (χ4v) is 2.04. The lowest BCUT2D eigenvalue weighted by molar-refractivity contribution is -0.126. The smallest absolute Gasteiger partial charge is 0.231 e. The number of nitrogens with two attached hydrogens (primary N) is 1. The highest BCUT2D eigenvalue weighted by Crippen LogP contribution is 2.23. The van der Waals surface area contributed by atoms with Crippen LogP contribution in [-0.2, 0) is 16.8 Å². The van der Waals surface area contributed by atoms with Gasteiger partial charge in [0, 0.05) is 25.5 Å². The van der Waals surface area contributed by atoms with Crippen LogP contribution in [0, 0.1) is 5.82 Å². The van der Waals surface area contributed by atoms with Crippen molar-refractivity contribution in [1.29, 1.82) is 0 Å². The Morgan fingerprint density at radius 1 is 1.33 bits per heavy atom. The predicted octanol–water partition coefficient (Wildman–Crippen LogP) is 1.75. The van der Waals surface area contributed by atoms with Crippen LogP contribution >= 0.6 is 0 Å². The third-order valence-corrected chi connectivity index (χ3v) is 3.57. The maximum atomic E-state index is 13.0. The average Bonchev–Trinajstić information content (AvgIpc) is 2.53. The Balaban J connectivity index is 2.12. The number of carbonyl (C=O) groups is 1. The van der Waals surface area contributed by atoms with Crippen molar-refractivity contribution in [2.75, 3.05) is 6.54 Å². The first kappa shape index (κ1) is 15.1. The molecule has 5 heteroatoms. The summed E-state index contributed by atoms with van der Waals surface area (Å²) in [7, 11) is 0. The van der Waals surface area contributed by atoms with E-state index >= 15 is 0 Å². The van der Waals surface area contributed by atoms with E-state index in [0.29, 0.717) is 12.1 Å². The van der Waals surface area contributed by atoms with Gasteiger partial charge in [-0.1, -0.05) is 18.2 Å². The first-order valence-electron chi connectivity index (χ1n) is 6.69. The molecule has 0 aliphatic carbocycles. The molecular formula is C16H18FN3O. The van der Waals surface area contributed by atoms with E-state index in [-0.39, 0.29) is 18.3 Å². The van der Waals surface area contributed by atoms with Gasteiger partial charge in [0.2, 0.25) is 5.91 Å². The molecule has 0 bridgehead atoms. The van der Waals surface area contributed by atoms with Crippen LogP contribution in [0.3, 0.4) is 0 Å². The lowest BCUT2D eigenvalue weighted by Crippen LogP contribution is -2.47. The van der Waals surface area contributed by atoms with Crippen LogP contribution in [-0.4, -0.2) is 17.4 Å². The van der Waals surface area contributed by atoms with Gasteiger partial charge in [-0.05, 0) is 36.2 Å². The van der Waals surface area contributed by atoms with Crippen LogP contribution in [0.1, 0.15) is 18.1 Å². The zero-order valence-corrected chi connectivity index (χ0v) is 11.8. The molecule has 21 heavy (non-hydrogen) atoms. The Kier molecular flexibility index (Phi) is 4.65. The van der Waals surface area contributed by atoms with Gasteiger partial charge in [0.1, 0.15) is 5.82 Å². The zero-order chi connectivity index (χ0) is 15.3. The zero-order valence-electron chi connectivity index (χ0n) is 11.8. The molecule has 1 atom stereocenters. The van der Waals surface area contributed by atoms with Crippen LogP contribution in [0.25, 0.3) is 0 Å². The summed E-state index contributed by atoms with van der Waals surface area (Å²) in [6, 6.07) is 9.53. The molecule has 0 fully saturated rings. The van der Waals surface area contributed by atoms with E-state index in [1.165, 1.54) is 12.1 Å². The number of nitrogens with zero attached hydrogens (tertiary/aromatic N) is 1. The van der Waals surface area contributed by atoms with Gasteiger partial charge in [0.15, 0.2) is 0 Å². The number of hydrogen-bond donors (Lipinski definition) is 2. The van der Waals surface area contributed by atoms with Crippen LogP contribution in [0.4, 0.5) is 4.39 Å². The van der Waals surface area contributed by atoms with Crippen molar-refractivity contribution in [3.8, 4) is 0 Å². The monoisotopic (exact) mass is 287 g/mol. The Morgan fingerprint density at radius 3 is 2.62 bits per heavy atom. The third kappa shape index (κ3) is 3.44. The molecule has 0 radical (unpaired) electrons. The van der Waals surface area contributed by atoms with E-state index in [0.717, 1.165) is 5.56 Å². The second-order valence-corrected chi connectivity index (χ2v) is 5.09. The number of amides is 1. The normalized spacial score (nSPS) is 13.5. The summed E-state index contributed by atoms with van der Waals surface area (Å²) < 4.78 is 13.0. The molecule has 0 aliphatic heterocycles. The minimum atomic E-state index is -0.893. The fourth-order valence-electron chi connectivity index (χ4n) is 2.04. The number of halogens is 1. The largest absolute Gasteiger partial charge is 0.351 e. The summed E-state index contributed by atoms with van der Waals surface area (Å²) in [6.45, 7) is 2.26. The highest BCUT2D eigenvalue weighted by Gasteiger charge is 2.33. The van der Waals surface area contributed by atoms with Crippen molar-refractivity contribution >= 4 is 5.91 Å². The minimum Gasteiger partial charge on any atom is -0.351 e. The highest BCUT2D eigenvalue weighted by atomic mass is 19.1. The fraction of sp³-hybridized carbons (Fsp3) is 0.250. The van der Waals surface area contributed by atoms with Gasteiger partial charge in [0.25, 0.3) is 0 Å². The molecule has 0 spiro atoms. The lowest BCUT2D eigenvalue weighted by atomic mass is 9.81. The summed E-state index contributed by atoms with van der Waals surface area (Å²) in [5, 5.41) is 2.85. The van der Waals surface area contributed by atoms with Gasteiger partial charge in [-0.25, -0.2) is 4.39 Å².